The molecule has 1 saturated heterocycles. The first-order valence-corrected chi connectivity index (χ1v) is 9.47. The Morgan fingerprint density at radius 3 is 2.59 bits per heavy atom. The Kier molecular flexibility index (Phi) is 4.21. The van der Waals surface area contributed by atoms with Crippen molar-refractivity contribution in [1.29, 1.82) is 0 Å². The van der Waals surface area contributed by atoms with Gasteiger partial charge in [0.1, 0.15) is 5.66 Å². The number of piperidine rings is 1. The second kappa shape index (κ2) is 6.44. The normalized spacial score (nSPS) is 24.4. The van der Waals surface area contributed by atoms with Gasteiger partial charge in [0.2, 0.25) is 5.43 Å². The van der Waals surface area contributed by atoms with Gasteiger partial charge >= 0.3 is 0 Å². The van der Waals surface area contributed by atoms with Crippen LogP contribution in [0.25, 0.3) is 0 Å². The summed E-state index contributed by atoms with van der Waals surface area (Å²) < 4.78 is 7.21. The second-order valence-corrected chi connectivity index (χ2v) is 7.27. The molecule has 2 aliphatic rings. The van der Waals surface area contributed by atoms with Gasteiger partial charge in [0.25, 0.3) is 5.91 Å². The smallest absolute Gasteiger partial charge is 0.278 e. The zero-order valence-corrected chi connectivity index (χ0v) is 16.0. The van der Waals surface area contributed by atoms with E-state index in [1.54, 1.807) is 11.1 Å². The summed E-state index contributed by atoms with van der Waals surface area (Å²) in [7, 11) is 3.28. The van der Waals surface area contributed by atoms with Crippen molar-refractivity contribution in [3.05, 3.63) is 64.1 Å². The molecule has 0 N–H and O–H groups in total. The molecule has 2 aliphatic heterocycles. The minimum absolute atomic E-state index is 0.108. The van der Waals surface area contributed by atoms with Gasteiger partial charge in [-0.2, -0.15) is 0 Å². The van der Waals surface area contributed by atoms with E-state index in [4.69, 9.17) is 4.74 Å². The number of carbonyl (C=O) groups excluding carboxylic acids is 1. The fourth-order valence-corrected chi connectivity index (χ4v) is 4.77. The number of rotatable bonds is 3. The van der Waals surface area contributed by atoms with Gasteiger partial charge in [0.05, 0.1) is 13.2 Å². The number of carbonyl (C=O) groups is 1. The van der Waals surface area contributed by atoms with E-state index in [-0.39, 0.29) is 23.1 Å². The van der Waals surface area contributed by atoms with E-state index >= 15 is 0 Å². The first kappa shape index (κ1) is 17.6. The number of fused-ring (bicyclic) bond motifs is 3. The van der Waals surface area contributed by atoms with Crippen molar-refractivity contribution in [2.24, 2.45) is 0 Å². The van der Waals surface area contributed by atoms with E-state index in [0.29, 0.717) is 5.69 Å². The average molecular weight is 367 g/mol. The third-order valence-corrected chi connectivity index (χ3v) is 6.13. The van der Waals surface area contributed by atoms with Crippen LogP contribution < -0.4 is 15.2 Å². The fraction of sp³-hybridized carbons (Fsp3) is 0.429. The van der Waals surface area contributed by atoms with E-state index in [0.717, 1.165) is 25.7 Å². The molecule has 0 saturated carbocycles. The van der Waals surface area contributed by atoms with E-state index in [2.05, 4.69) is 24.1 Å². The number of methoxy groups -OCH3 is 1. The number of aromatic nitrogens is 1. The van der Waals surface area contributed by atoms with Crippen LogP contribution in [0.2, 0.25) is 0 Å². The van der Waals surface area contributed by atoms with Crippen LogP contribution in [0.3, 0.4) is 0 Å². The molecule has 27 heavy (non-hydrogen) atoms. The molecule has 4 rings (SSSR count). The van der Waals surface area contributed by atoms with Crippen molar-refractivity contribution >= 4 is 5.91 Å². The van der Waals surface area contributed by atoms with Gasteiger partial charge in [-0.3, -0.25) is 19.3 Å². The molecule has 142 valence electrons. The lowest BCUT2D eigenvalue weighted by atomic mass is 9.84. The van der Waals surface area contributed by atoms with Crippen molar-refractivity contribution in [2.75, 3.05) is 19.2 Å². The summed E-state index contributed by atoms with van der Waals surface area (Å²) in [5.74, 6) is -0.0622. The number of amides is 1. The van der Waals surface area contributed by atoms with Gasteiger partial charge in [-0.25, -0.2) is 0 Å². The number of ether oxygens (including phenoxy) is 1. The van der Waals surface area contributed by atoms with Crippen LogP contribution in [-0.2, 0) is 0 Å². The molecule has 0 bridgehead atoms. The Morgan fingerprint density at radius 1 is 1.19 bits per heavy atom. The Bertz CT molecular complexity index is 924. The van der Waals surface area contributed by atoms with Gasteiger partial charge in [0, 0.05) is 19.3 Å². The van der Waals surface area contributed by atoms with E-state index in [1.807, 2.05) is 29.9 Å². The first-order valence-electron chi connectivity index (χ1n) is 9.47. The highest BCUT2D eigenvalue weighted by molar-refractivity contribution is 5.97. The molecule has 1 aromatic carbocycles. The molecule has 0 radical (unpaired) electrons. The van der Waals surface area contributed by atoms with Gasteiger partial charge in [0.15, 0.2) is 11.4 Å². The van der Waals surface area contributed by atoms with Crippen molar-refractivity contribution < 1.29 is 9.53 Å². The molecule has 1 amide bonds. The summed E-state index contributed by atoms with van der Waals surface area (Å²) in [6, 6.07) is 12.0. The molecule has 3 heterocycles. The van der Waals surface area contributed by atoms with Gasteiger partial charge in [-0.1, -0.05) is 37.3 Å². The number of benzene rings is 1. The molecule has 1 fully saturated rings. The summed E-state index contributed by atoms with van der Waals surface area (Å²) in [6.07, 6.45) is 5.43. The molecular weight excluding hydrogens is 342 g/mol. The summed E-state index contributed by atoms with van der Waals surface area (Å²) >= 11 is 0. The number of hydrogen-bond acceptors (Lipinski definition) is 4. The molecule has 6 nitrogen and oxygen atoms in total. The van der Waals surface area contributed by atoms with Crippen LogP contribution >= 0.6 is 0 Å². The second-order valence-electron chi connectivity index (χ2n) is 7.27. The van der Waals surface area contributed by atoms with Crippen LogP contribution in [-0.4, -0.2) is 35.3 Å². The van der Waals surface area contributed by atoms with Crippen LogP contribution in [0.15, 0.2) is 47.4 Å². The lowest BCUT2D eigenvalue weighted by Gasteiger charge is -2.59. The van der Waals surface area contributed by atoms with Gasteiger partial charge in [-0.15, -0.1) is 0 Å². The minimum Gasteiger partial charge on any atom is -0.491 e. The third-order valence-electron chi connectivity index (χ3n) is 6.13. The number of pyridine rings is 1. The Balaban J connectivity index is 2.00. The topological polar surface area (TPSA) is 54.8 Å². The SMILES string of the molecule is CCC12CCCC(c3ccccc3)N1n1ccc(=O)c(OC)c1C(=O)N2C. The molecule has 0 spiro atoms. The van der Waals surface area contributed by atoms with E-state index < -0.39 is 5.66 Å². The highest BCUT2D eigenvalue weighted by Crippen LogP contribution is 2.45. The monoisotopic (exact) mass is 367 g/mol. The van der Waals surface area contributed by atoms with Gasteiger partial charge in [-0.05, 0) is 31.2 Å². The molecule has 2 aromatic rings. The lowest BCUT2D eigenvalue weighted by molar-refractivity contribution is 0.0137. The van der Waals surface area contributed by atoms with Crippen molar-refractivity contribution in [1.82, 2.24) is 9.58 Å². The van der Waals surface area contributed by atoms with Crippen molar-refractivity contribution in [2.45, 2.75) is 44.3 Å². The molecule has 1 aromatic heterocycles. The number of nitrogens with zero attached hydrogens (tertiary/aromatic N) is 3. The van der Waals surface area contributed by atoms with E-state index in [9.17, 15) is 9.59 Å². The quantitative estimate of drug-likeness (QED) is 0.837. The average Bonchev–Trinajstić information content (AvgIpc) is 2.71. The molecule has 0 aliphatic carbocycles. The molecule has 2 atom stereocenters. The van der Waals surface area contributed by atoms with Gasteiger partial charge < -0.3 is 9.64 Å². The van der Waals surface area contributed by atoms with Crippen LogP contribution in [0.4, 0.5) is 0 Å². The zero-order valence-electron chi connectivity index (χ0n) is 16.0. The maximum absolute atomic E-state index is 13.3. The van der Waals surface area contributed by atoms with Crippen molar-refractivity contribution in [3.8, 4) is 5.75 Å². The van der Waals surface area contributed by atoms with Crippen LogP contribution in [0.1, 0.15) is 54.7 Å². The highest BCUT2D eigenvalue weighted by Gasteiger charge is 2.52. The Labute approximate surface area is 158 Å². The van der Waals surface area contributed by atoms with Crippen LogP contribution in [0, 0.1) is 0 Å². The standard InChI is InChI=1S/C21H25N3O3/c1-4-21-13-8-11-16(15-9-6-5-7-10-15)24(21)23-14-12-17(25)19(27-3)18(23)20(26)22(21)2/h5-7,9-10,12,14,16H,4,8,11,13H2,1-3H3. The van der Waals surface area contributed by atoms with Crippen molar-refractivity contribution in [3.63, 3.8) is 0 Å². The minimum atomic E-state index is -0.428. The summed E-state index contributed by atoms with van der Waals surface area (Å²) in [4.78, 5) is 27.4. The summed E-state index contributed by atoms with van der Waals surface area (Å²) in [5.41, 5.74) is 0.812. The molecule has 6 heteroatoms. The lowest BCUT2D eigenvalue weighted by Crippen LogP contribution is -2.71. The maximum atomic E-state index is 13.3. The predicted molar refractivity (Wildman–Crippen MR) is 104 cm³/mol. The zero-order chi connectivity index (χ0) is 19.2. The predicted octanol–water partition coefficient (Wildman–Crippen LogP) is 2.91. The summed E-state index contributed by atoms with van der Waals surface area (Å²) in [5, 5.41) is 2.28. The fourth-order valence-electron chi connectivity index (χ4n) is 4.77. The first-order chi connectivity index (χ1) is 13.0. The van der Waals surface area contributed by atoms with E-state index in [1.165, 1.54) is 18.7 Å². The molecule has 2 unspecified atom stereocenters. The molecular formula is C21H25N3O3. The number of hydrogen-bond donors (Lipinski definition) is 0. The maximum Gasteiger partial charge on any atom is 0.278 e. The largest absolute Gasteiger partial charge is 0.491 e. The van der Waals surface area contributed by atoms with Crippen LogP contribution in [0.5, 0.6) is 5.75 Å². The Hall–Kier alpha value is -2.76. The Morgan fingerprint density at radius 2 is 1.93 bits per heavy atom. The third kappa shape index (κ3) is 2.39. The summed E-state index contributed by atoms with van der Waals surface area (Å²) in [6.45, 7) is 2.12. The highest BCUT2D eigenvalue weighted by atomic mass is 16.5.